The maximum Gasteiger partial charge on any atom is 0.0890 e. The second-order valence-corrected chi connectivity index (χ2v) is 3.78. The highest BCUT2D eigenvalue weighted by atomic mass is 16.5. The number of ether oxygens (including phenoxy) is 1. The molecule has 0 fully saturated rings. The summed E-state index contributed by atoms with van der Waals surface area (Å²) in [4.78, 5) is 4.34. The lowest BCUT2D eigenvalue weighted by Gasteiger charge is -2.20. The van der Waals surface area contributed by atoms with Gasteiger partial charge in [0.25, 0.3) is 0 Å². The molecule has 0 N–H and O–H groups in total. The number of pyridine rings is 1. The van der Waals surface area contributed by atoms with Crippen LogP contribution in [0.25, 0.3) is 0 Å². The molecule has 0 atom stereocenters. The summed E-state index contributed by atoms with van der Waals surface area (Å²) in [7, 11) is 0. The minimum absolute atomic E-state index is 0.592. The molecule has 0 aromatic carbocycles. The van der Waals surface area contributed by atoms with Gasteiger partial charge in [-0.3, -0.25) is 4.98 Å². The van der Waals surface area contributed by atoms with Crippen LogP contribution in [0, 0.1) is 0 Å². The first-order chi connectivity index (χ1) is 6.29. The number of aromatic nitrogens is 1. The van der Waals surface area contributed by atoms with Crippen LogP contribution in [0.3, 0.4) is 0 Å². The summed E-state index contributed by atoms with van der Waals surface area (Å²) in [5, 5.41) is 0. The summed E-state index contributed by atoms with van der Waals surface area (Å²) >= 11 is 0. The zero-order valence-electron chi connectivity index (χ0n) is 8.21. The van der Waals surface area contributed by atoms with E-state index in [9.17, 15) is 0 Å². The normalized spacial score (nSPS) is 15.9. The van der Waals surface area contributed by atoms with E-state index in [1.165, 1.54) is 11.1 Å². The van der Waals surface area contributed by atoms with Crippen LogP contribution in [-0.2, 0) is 17.8 Å². The molecular formula is C11H15NO. The van der Waals surface area contributed by atoms with Gasteiger partial charge in [0.05, 0.1) is 18.9 Å². The Morgan fingerprint density at radius 1 is 1.46 bits per heavy atom. The second kappa shape index (κ2) is 3.46. The van der Waals surface area contributed by atoms with Crippen molar-refractivity contribution in [2.24, 2.45) is 0 Å². The first-order valence-corrected chi connectivity index (χ1v) is 4.83. The van der Waals surface area contributed by atoms with Crippen LogP contribution < -0.4 is 0 Å². The van der Waals surface area contributed by atoms with E-state index in [1.807, 2.05) is 6.20 Å². The van der Waals surface area contributed by atoms with E-state index in [0.717, 1.165) is 18.7 Å². The molecule has 2 rings (SSSR count). The monoisotopic (exact) mass is 177 g/mol. The topological polar surface area (TPSA) is 22.1 Å². The highest BCUT2D eigenvalue weighted by molar-refractivity contribution is 5.33. The summed E-state index contributed by atoms with van der Waals surface area (Å²) in [6.07, 6.45) is 2.92. The number of hydrogen-bond donors (Lipinski definition) is 0. The molecule has 2 heteroatoms. The third kappa shape index (κ3) is 1.59. The van der Waals surface area contributed by atoms with Gasteiger partial charge < -0.3 is 4.74 Å². The molecule has 0 unspecified atom stereocenters. The van der Waals surface area contributed by atoms with Crippen molar-refractivity contribution in [2.75, 3.05) is 6.61 Å². The molecule has 70 valence electrons. The van der Waals surface area contributed by atoms with Gasteiger partial charge in [-0.25, -0.2) is 0 Å². The molecule has 0 bridgehead atoms. The Balaban J connectivity index is 2.46. The molecule has 2 heterocycles. The maximum atomic E-state index is 5.37. The van der Waals surface area contributed by atoms with Crippen molar-refractivity contribution in [1.29, 1.82) is 0 Å². The molecular weight excluding hydrogens is 162 g/mol. The van der Waals surface area contributed by atoms with Crippen LogP contribution in [-0.4, -0.2) is 11.6 Å². The lowest BCUT2D eigenvalue weighted by molar-refractivity contribution is 0.107. The van der Waals surface area contributed by atoms with E-state index in [2.05, 4.69) is 24.9 Å². The van der Waals surface area contributed by atoms with Crippen molar-refractivity contribution in [3.8, 4) is 0 Å². The van der Waals surface area contributed by atoms with Crippen LogP contribution in [0.15, 0.2) is 12.3 Å². The molecule has 0 saturated heterocycles. The second-order valence-electron chi connectivity index (χ2n) is 3.78. The van der Waals surface area contributed by atoms with Gasteiger partial charge in [0.15, 0.2) is 0 Å². The fourth-order valence-electron chi connectivity index (χ4n) is 1.85. The highest BCUT2D eigenvalue weighted by Crippen LogP contribution is 2.24. The molecule has 1 aromatic heterocycles. The number of hydrogen-bond acceptors (Lipinski definition) is 2. The minimum Gasteiger partial charge on any atom is -0.375 e. The zero-order valence-corrected chi connectivity index (χ0v) is 8.21. The molecule has 1 aromatic rings. The predicted molar refractivity (Wildman–Crippen MR) is 51.7 cm³/mol. The third-order valence-corrected chi connectivity index (χ3v) is 2.54. The quantitative estimate of drug-likeness (QED) is 0.656. The van der Waals surface area contributed by atoms with Gasteiger partial charge in [0.1, 0.15) is 0 Å². The van der Waals surface area contributed by atoms with Crippen molar-refractivity contribution < 1.29 is 4.74 Å². The molecule has 0 spiro atoms. The van der Waals surface area contributed by atoms with Gasteiger partial charge in [-0.1, -0.05) is 13.8 Å². The molecule has 0 radical (unpaired) electrons. The van der Waals surface area contributed by atoms with E-state index >= 15 is 0 Å². The molecule has 0 amide bonds. The van der Waals surface area contributed by atoms with Gasteiger partial charge in [-0.15, -0.1) is 0 Å². The summed E-state index contributed by atoms with van der Waals surface area (Å²) < 4.78 is 5.37. The molecule has 2 nitrogen and oxygen atoms in total. The van der Waals surface area contributed by atoms with Gasteiger partial charge in [0, 0.05) is 6.20 Å². The Labute approximate surface area is 78.9 Å². The SMILES string of the molecule is CC(C)c1ccnc2c1CCOC2. The van der Waals surface area contributed by atoms with Gasteiger partial charge in [-0.2, -0.15) is 0 Å². The third-order valence-electron chi connectivity index (χ3n) is 2.54. The standard InChI is InChI=1S/C11H15NO/c1-8(2)9-3-5-12-11-7-13-6-4-10(9)11/h3,5,8H,4,6-7H2,1-2H3. The Morgan fingerprint density at radius 3 is 3.08 bits per heavy atom. The minimum atomic E-state index is 0.592. The average Bonchev–Trinajstić information content (AvgIpc) is 2.17. The molecule has 13 heavy (non-hydrogen) atoms. The predicted octanol–water partition coefficient (Wildman–Crippen LogP) is 2.28. The summed E-state index contributed by atoms with van der Waals surface area (Å²) in [6.45, 7) is 5.99. The van der Waals surface area contributed by atoms with Crippen LogP contribution in [0.4, 0.5) is 0 Å². The maximum absolute atomic E-state index is 5.37. The highest BCUT2D eigenvalue weighted by Gasteiger charge is 2.15. The Morgan fingerprint density at radius 2 is 2.31 bits per heavy atom. The fourth-order valence-corrected chi connectivity index (χ4v) is 1.85. The molecule has 0 aliphatic carbocycles. The number of fused-ring (bicyclic) bond motifs is 1. The molecule has 0 saturated carbocycles. The van der Waals surface area contributed by atoms with Crippen molar-refractivity contribution >= 4 is 0 Å². The fraction of sp³-hybridized carbons (Fsp3) is 0.545. The lowest BCUT2D eigenvalue weighted by atomic mass is 9.94. The van der Waals surface area contributed by atoms with Gasteiger partial charge in [-0.05, 0) is 29.5 Å². The number of nitrogens with zero attached hydrogens (tertiary/aromatic N) is 1. The smallest absolute Gasteiger partial charge is 0.0890 e. The Kier molecular flexibility index (Phi) is 2.32. The summed E-state index contributed by atoms with van der Waals surface area (Å²) in [5.74, 6) is 0.592. The average molecular weight is 177 g/mol. The summed E-state index contributed by atoms with van der Waals surface area (Å²) in [5.41, 5.74) is 3.99. The van der Waals surface area contributed by atoms with Gasteiger partial charge in [0.2, 0.25) is 0 Å². The van der Waals surface area contributed by atoms with Crippen LogP contribution in [0.2, 0.25) is 0 Å². The van der Waals surface area contributed by atoms with E-state index in [0.29, 0.717) is 12.5 Å². The molecule has 1 aliphatic rings. The van der Waals surface area contributed by atoms with E-state index < -0.39 is 0 Å². The Hall–Kier alpha value is -0.890. The Bertz CT molecular complexity index is 307. The van der Waals surface area contributed by atoms with Crippen molar-refractivity contribution in [1.82, 2.24) is 4.98 Å². The molecule has 1 aliphatic heterocycles. The van der Waals surface area contributed by atoms with Crippen molar-refractivity contribution in [3.05, 3.63) is 29.1 Å². The van der Waals surface area contributed by atoms with Crippen LogP contribution in [0.5, 0.6) is 0 Å². The van der Waals surface area contributed by atoms with Crippen LogP contribution in [0.1, 0.15) is 36.6 Å². The van der Waals surface area contributed by atoms with E-state index in [4.69, 9.17) is 4.74 Å². The summed E-state index contributed by atoms with van der Waals surface area (Å²) in [6, 6.07) is 2.13. The first-order valence-electron chi connectivity index (χ1n) is 4.83. The first kappa shape index (κ1) is 8.70. The number of rotatable bonds is 1. The van der Waals surface area contributed by atoms with Crippen molar-refractivity contribution in [3.63, 3.8) is 0 Å². The van der Waals surface area contributed by atoms with Crippen LogP contribution >= 0.6 is 0 Å². The lowest BCUT2D eigenvalue weighted by Crippen LogP contribution is -2.14. The van der Waals surface area contributed by atoms with Crippen molar-refractivity contribution in [2.45, 2.75) is 32.8 Å². The van der Waals surface area contributed by atoms with E-state index in [1.54, 1.807) is 0 Å². The zero-order chi connectivity index (χ0) is 9.26. The largest absolute Gasteiger partial charge is 0.375 e. The van der Waals surface area contributed by atoms with E-state index in [-0.39, 0.29) is 0 Å². The van der Waals surface area contributed by atoms with Gasteiger partial charge >= 0.3 is 0 Å².